The van der Waals surface area contributed by atoms with Gasteiger partial charge >= 0.3 is 0 Å². The summed E-state index contributed by atoms with van der Waals surface area (Å²) in [5.74, 6) is -0.641. The molecule has 2 rings (SSSR count). The summed E-state index contributed by atoms with van der Waals surface area (Å²) in [6.45, 7) is 22.6. The molecule has 34 heavy (non-hydrogen) atoms. The Morgan fingerprint density at radius 2 is 1.82 bits per heavy atom. The first-order valence-corrected chi connectivity index (χ1v) is 17.7. The lowest BCUT2D eigenvalue weighted by atomic mass is 10.2. The first kappa shape index (κ1) is 28.7. The van der Waals surface area contributed by atoms with E-state index in [0.29, 0.717) is 18.7 Å². The average molecular weight is 513 g/mol. The lowest BCUT2D eigenvalue weighted by Crippen LogP contribution is -2.45. The molecule has 11 heteroatoms. The van der Waals surface area contributed by atoms with Crippen LogP contribution in [0.25, 0.3) is 0 Å². The monoisotopic (exact) mass is 512 g/mol. The molecule has 1 saturated heterocycles. The zero-order valence-electron chi connectivity index (χ0n) is 22.5. The Morgan fingerprint density at radius 1 is 1.24 bits per heavy atom. The fourth-order valence-corrected chi connectivity index (χ4v) is 5.75. The normalized spacial score (nSPS) is 22.6. The minimum atomic E-state index is -2.13. The van der Waals surface area contributed by atoms with Crippen LogP contribution >= 0.6 is 0 Å². The van der Waals surface area contributed by atoms with Gasteiger partial charge in [-0.2, -0.15) is 0 Å². The van der Waals surface area contributed by atoms with Gasteiger partial charge in [0.15, 0.2) is 22.9 Å². The van der Waals surface area contributed by atoms with Crippen molar-refractivity contribution in [2.24, 2.45) is 10.9 Å². The molecule has 1 aromatic heterocycles. The Hall–Kier alpha value is -1.54. The maximum atomic E-state index is 12.0. The van der Waals surface area contributed by atoms with E-state index in [4.69, 9.17) is 24.5 Å². The number of primary amides is 1. The van der Waals surface area contributed by atoms with Gasteiger partial charge in [-0.05, 0) is 36.3 Å². The van der Waals surface area contributed by atoms with E-state index in [2.05, 4.69) is 77.9 Å². The molecule has 1 amide bonds. The van der Waals surface area contributed by atoms with Gasteiger partial charge in [-0.15, -0.1) is 5.16 Å². The molecule has 0 spiro atoms. The molecule has 2 heterocycles. The third kappa shape index (κ3) is 6.36. The third-order valence-corrected chi connectivity index (χ3v) is 16.6. The number of hydrogen-bond acceptors (Lipinski definition) is 7. The minimum Gasteiger partial charge on any atom is -0.414 e. The van der Waals surface area contributed by atoms with Crippen molar-refractivity contribution in [1.82, 2.24) is 9.55 Å². The number of oxime groups is 1. The van der Waals surface area contributed by atoms with Crippen LogP contribution < -0.4 is 5.73 Å². The van der Waals surface area contributed by atoms with E-state index >= 15 is 0 Å². The number of carbonyl (C=O) groups excluding carboxylic acids is 1. The van der Waals surface area contributed by atoms with Crippen molar-refractivity contribution in [3.8, 4) is 0 Å². The Morgan fingerprint density at radius 3 is 2.32 bits per heavy atom. The summed E-state index contributed by atoms with van der Waals surface area (Å²) in [5.41, 5.74) is 6.22. The van der Waals surface area contributed by atoms with E-state index < -0.39 is 28.8 Å². The molecule has 194 valence electrons. The van der Waals surface area contributed by atoms with Gasteiger partial charge in [0.1, 0.15) is 5.69 Å². The lowest BCUT2D eigenvalue weighted by Gasteiger charge is -2.39. The number of rotatable bonds is 9. The van der Waals surface area contributed by atoms with Crippen molar-refractivity contribution in [3.05, 3.63) is 17.7 Å². The van der Waals surface area contributed by atoms with E-state index in [1.807, 2.05) is 0 Å². The fraction of sp³-hybridized carbons (Fsp3) is 0.783. The van der Waals surface area contributed by atoms with Crippen LogP contribution in [0.15, 0.2) is 11.5 Å². The predicted molar refractivity (Wildman–Crippen MR) is 138 cm³/mol. The number of ether oxygens (including phenoxy) is 1. The molecule has 0 saturated carbocycles. The van der Waals surface area contributed by atoms with Crippen LogP contribution in [0.4, 0.5) is 0 Å². The predicted octanol–water partition coefficient (Wildman–Crippen LogP) is 4.68. The van der Waals surface area contributed by atoms with Gasteiger partial charge in [0.05, 0.1) is 30.8 Å². The fourth-order valence-electron chi connectivity index (χ4n) is 3.39. The van der Waals surface area contributed by atoms with Crippen molar-refractivity contribution in [2.45, 2.75) is 109 Å². The highest BCUT2D eigenvalue weighted by Crippen LogP contribution is 2.43. The lowest BCUT2D eigenvalue weighted by molar-refractivity contribution is -0.0473. The van der Waals surface area contributed by atoms with E-state index in [-0.39, 0.29) is 34.4 Å². The summed E-state index contributed by atoms with van der Waals surface area (Å²) in [6.07, 6.45) is 2.82. The van der Waals surface area contributed by atoms with E-state index in [9.17, 15) is 4.79 Å². The van der Waals surface area contributed by atoms with Gasteiger partial charge in [-0.1, -0.05) is 41.5 Å². The second-order valence-corrected chi connectivity index (χ2v) is 21.8. The highest BCUT2D eigenvalue weighted by molar-refractivity contribution is 6.74. The maximum Gasteiger partial charge on any atom is 0.269 e. The SMILES string of the molecule is CC(C)(C)[Si](C)(C)OC[C@@H]1C[C@@H](O[Si](C)(C)C(C)(C)C)[C@H](n2cnc(C(N)=O)c2C/C=N/O)O1. The van der Waals surface area contributed by atoms with Crippen molar-refractivity contribution in [1.29, 1.82) is 0 Å². The molecule has 1 fully saturated rings. The highest BCUT2D eigenvalue weighted by atomic mass is 28.4. The molecule has 1 aliphatic rings. The third-order valence-electron chi connectivity index (χ3n) is 7.60. The number of aromatic nitrogens is 2. The molecule has 0 aliphatic carbocycles. The molecule has 3 N–H and O–H groups in total. The van der Waals surface area contributed by atoms with Crippen molar-refractivity contribution < 1.29 is 23.6 Å². The second-order valence-electron chi connectivity index (χ2n) is 12.2. The summed E-state index contributed by atoms with van der Waals surface area (Å²) in [7, 11) is -4.07. The van der Waals surface area contributed by atoms with Gasteiger partial charge in [0.2, 0.25) is 0 Å². The summed E-state index contributed by atoms with van der Waals surface area (Å²) in [5, 5.41) is 12.2. The van der Waals surface area contributed by atoms with Crippen LogP contribution in [0.5, 0.6) is 0 Å². The van der Waals surface area contributed by atoms with Crippen molar-refractivity contribution in [3.63, 3.8) is 0 Å². The van der Waals surface area contributed by atoms with E-state index in [1.165, 1.54) is 6.21 Å². The Balaban J connectivity index is 2.39. The molecule has 0 bridgehead atoms. The minimum absolute atomic E-state index is 0.0208. The molecule has 1 aliphatic heterocycles. The van der Waals surface area contributed by atoms with Crippen molar-refractivity contribution in [2.75, 3.05) is 6.61 Å². The van der Waals surface area contributed by atoms with Crippen LogP contribution in [0, 0.1) is 0 Å². The summed E-state index contributed by atoms with van der Waals surface area (Å²) in [4.78, 5) is 16.2. The van der Waals surface area contributed by atoms with Gasteiger partial charge in [-0.25, -0.2) is 4.98 Å². The summed E-state index contributed by atoms with van der Waals surface area (Å²) in [6, 6.07) is 0. The van der Waals surface area contributed by atoms with E-state index in [0.717, 1.165) is 0 Å². The van der Waals surface area contributed by atoms with Gasteiger partial charge in [0, 0.05) is 19.1 Å². The molecular weight excluding hydrogens is 468 g/mol. The zero-order valence-corrected chi connectivity index (χ0v) is 24.5. The number of imidazole rings is 1. The summed E-state index contributed by atoms with van der Waals surface area (Å²) >= 11 is 0. The smallest absolute Gasteiger partial charge is 0.269 e. The van der Waals surface area contributed by atoms with Gasteiger partial charge in [0.25, 0.3) is 5.91 Å². The second kappa shape index (κ2) is 10.2. The quantitative estimate of drug-likeness (QED) is 0.214. The molecule has 0 radical (unpaired) electrons. The number of carbonyl (C=O) groups is 1. The molecule has 1 aromatic rings. The molecule has 3 atom stereocenters. The Labute approximate surface area is 206 Å². The highest BCUT2D eigenvalue weighted by Gasteiger charge is 2.47. The zero-order chi connectivity index (χ0) is 26.1. The van der Waals surface area contributed by atoms with Crippen LogP contribution in [-0.2, 0) is 20.0 Å². The van der Waals surface area contributed by atoms with Gasteiger partial charge < -0.3 is 29.1 Å². The van der Waals surface area contributed by atoms with Crippen LogP contribution in [0.3, 0.4) is 0 Å². The molecule has 0 unspecified atom stereocenters. The molecular formula is C23H44N4O5Si2. The van der Waals surface area contributed by atoms with Crippen LogP contribution in [-0.4, -0.2) is 62.3 Å². The first-order valence-electron chi connectivity index (χ1n) is 11.9. The number of hydrogen-bond donors (Lipinski definition) is 2. The topological polar surface area (TPSA) is 121 Å². The first-order chi connectivity index (χ1) is 15.4. The number of amides is 1. The largest absolute Gasteiger partial charge is 0.414 e. The van der Waals surface area contributed by atoms with Crippen LogP contribution in [0.1, 0.15) is 70.4 Å². The molecule has 9 nitrogen and oxygen atoms in total. The standard InChI is InChI=1S/C23H44N4O5Si2/c1-22(2,3)33(7,8)30-14-16-13-18(32-34(9,10)23(4,5)6)21(31-16)27-15-25-19(20(24)28)17(27)11-12-26-29/h12,15-16,18,21,29H,11,13-14H2,1-10H3,(H2,24,28)/b26-12+/t16-,18+,21+/m0/s1. The van der Waals surface area contributed by atoms with E-state index in [1.54, 1.807) is 10.9 Å². The molecule has 0 aromatic carbocycles. The number of nitrogens with zero attached hydrogens (tertiary/aromatic N) is 3. The average Bonchev–Trinajstić information content (AvgIpc) is 3.26. The number of nitrogens with two attached hydrogens (primary N) is 1. The van der Waals surface area contributed by atoms with Crippen LogP contribution in [0.2, 0.25) is 36.3 Å². The Bertz CT molecular complexity index is 887. The Kier molecular flexibility index (Phi) is 8.62. The van der Waals surface area contributed by atoms with Crippen molar-refractivity contribution >= 4 is 28.8 Å². The maximum absolute atomic E-state index is 12.0. The summed E-state index contributed by atoms with van der Waals surface area (Å²) < 4.78 is 21.6. The van der Waals surface area contributed by atoms with Gasteiger partial charge in [-0.3, -0.25) is 4.79 Å².